The molecule has 0 radical (unpaired) electrons. The summed E-state index contributed by atoms with van der Waals surface area (Å²) < 4.78 is 6.90. The monoisotopic (exact) mass is 435 g/mol. The number of methoxy groups -OCH3 is 1. The normalized spacial score (nSPS) is 12.3. The Kier molecular flexibility index (Phi) is 8.17. The maximum Gasteiger partial charge on any atom is 0.266 e. The van der Waals surface area contributed by atoms with Crippen LogP contribution < -0.4 is 5.56 Å². The molecule has 1 aromatic heterocycles. The molecule has 3 rings (SSSR count). The fraction of sp³-hybridized carbons (Fsp3) is 0.423. The Hall–Kier alpha value is -2.99. The van der Waals surface area contributed by atoms with Crippen molar-refractivity contribution in [3.63, 3.8) is 0 Å². The fourth-order valence-corrected chi connectivity index (χ4v) is 4.04. The first-order valence-electron chi connectivity index (χ1n) is 11.3. The number of ether oxygens (including phenoxy) is 1. The number of carbonyl (C=O) groups excluding carboxylic acids is 1. The number of hydrogen-bond acceptors (Lipinski definition) is 4. The van der Waals surface area contributed by atoms with E-state index in [0.29, 0.717) is 42.7 Å². The Bertz CT molecular complexity index is 1090. The van der Waals surface area contributed by atoms with Gasteiger partial charge in [0.25, 0.3) is 5.56 Å². The molecule has 0 saturated carbocycles. The number of benzene rings is 2. The number of para-hydroxylation sites is 2. The van der Waals surface area contributed by atoms with Gasteiger partial charge in [-0.15, -0.1) is 0 Å². The molecule has 170 valence electrons. The van der Waals surface area contributed by atoms with E-state index in [4.69, 9.17) is 9.72 Å². The number of nitrogens with zero attached hydrogens (tertiary/aromatic N) is 3. The summed E-state index contributed by atoms with van der Waals surface area (Å²) in [4.78, 5) is 33.7. The van der Waals surface area contributed by atoms with Gasteiger partial charge >= 0.3 is 0 Å². The molecule has 6 nitrogen and oxygen atoms in total. The van der Waals surface area contributed by atoms with Crippen molar-refractivity contribution in [3.05, 3.63) is 70.8 Å². The maximum atomic E-state index is 13.6. The third-order valence-electron chi connectivity index (χ3n) is 5.53. The van der Waals surface area contributed by atoms with E-state index in [-0.39, 0.29) is 23.4 Å². The van der Waals surface area contributed by atoms with Crippen LogP contribution in [-0.4, -0.2) is 40.6 Å². The predicted molar refractivity (Wildman–Crippen MR) is 128 cm³/mol. The molecule has 1 heterocycles. The van der Waals surface area contributed by atoms with Crippen molar-refractivity contribution in [2.45, 2.75) is 46.1 Å². The lowest BCUT2D eigenvalue weighted by Crippen LogP contribution is -2.39. The van der Waals surface area contributed by atoms with Crippen LogP contribution in [0.1, 0.15) is 51.9 Å². The molecule has 1 amide bonds. The molecule has 0 spiro atoms. The van der Waals surface area contributed by atoms with Gasteiger partial charge in [-0.05, 0) is 43.0 Å². The number of fused-ring (bicyclic) bond motifs is 1. The minimum atomic E-state index is -0.324. The Balaban J connectivity index is 2.20. The van der Waals surface area contributed by atoms with Gasteiger partial charge in [-0.25, -0.2) is 4.98 Å². The lowest BCUT2D eigenvalue weighted by molar-refractivity contribution is -0.135. The van der Waals surface area contributed by atoms with E-state index in [1.807, 2.05) is 74.2 Å². The van der Waals surface area contributed by atoms with E-state index in [2.05, 4.69) is 0 Å². The highest BCUT2D eigenvalue weighted by Crippen LogP contribution is 2.27. The summed E-state index contributed by atoms with van der Waals surface area (Å²) in [6, 6.07) is 16.6. The number of amides is 1. The van der Waals surface area contributed by atoms with E-state index in [9.17, 15) is 9.59 Å². The topological polar surface area (TPSA) is 64.4 Å². The Labute approximate surface area is 189 Å². The van der Waals surface area contributed by atoms with Crippen LogP contribution in [0.3, 0.4) is 0 Å². The first-order chi connectivity index (χ1) is 15.5. The van der Waals surface area contributed by atoms with Gasteiger partial charge < -0.3 is 9.64 Å². The van der Waals surface area contributed by atoms with Gasteiger partial charge in [-0.2, -0.15) is 0 Å². The molecular weight excluding hydrogens is 402 g/mol. The average molecular weight is 436 g/mol. The summed E-state index contributed by atoms with van der Waals surface area (Å²) in [6.45, 7) is 7.24. The van der Waals surface area contributed by atoms with Crippen molar-refractivity contribution in [1.82, 2.24) is 14.5 Å². The standard InChI is InChI=1S/C26H33N3O3/c1-5-23(28(16-11-17-32-4)24(30)18-19(2)3)25-27-22-15-10-9-14-21(22)26(31)29(25)20-12-7-6-8-13-20/h6-10,12-15,19,23H,5,11,16-18H2,1-4H3. The summed E-state index contributed by atoms with van der Waals surface area (Å²) in [5.41, 5.74) is 1.27. The summed E-state index contributed by atoms with van der Waals surface area (Å²) in [6.07, 6.45) is 1.82. The van der Waals surface area contributed by atoms with Crippen molar-refractivity contribution in [3.8, 4) is 5.69 Å². The number of carbonyl (C=O) groups is 1. The van der Waals surface area contributed by atoms with Crippen LogP contribution in [0, 0.1) is 5.92 Å². The van der Waals surface area contributed by atoms with Crippen molar-refractivity contribution in [1.29, 1.82) is 0 Å². The number of rotatable bonds is 10. The van der Waals surface area contributed by atoms with Crippen LogP contribution in [-0.2, 0) is 9.53 Å². The Morgan fingerprint density at radius 1 is 1.09 bits per heavy atom. The molecular formula is C26H33N3O3. The Morgan fingerprint density at radius 3 is 2.44 bits per heavy atom. The molecule has 3 aromatic rings. The smallest absolute Gasteiger partial charge is 0.266 e. The van der Waals surface area contributed by atoms with Gasteiger partial charge in [-0.1, -0.05) is 51.1 Å². The summed E-state index contributed by atoms with van der Waals surface area (Å²) in [5.74, 6) is 0.910. The minimum absolute atomic E-state index is 0.0740. The highest BCUT2D eigenvalue weighted by molar-refractivity contribution is 5.79. The number of aromatic nitrogens is 2. The summed E-state index contributed by atoms with van der Waals surface area (Å²) in [7, 11) is 1.66. The molecule has 0 aliphatic rings. The van der Waals surface area contributed by atoms with Crippen molar-refractivity contribution >= 4 is 16.8 Å². The average Bonchev–Trinajstić information content (AvgIpc) is 2.79. The third-order valence-corrected chi connectivity index (χ3v) is 5.53. The SMILES string of the molecule is CCC(c1nc2ccccc2c(=O)n1-c1ccccc1)N(CCCOC)C(=O)CC(C)C. The van der Waals surface area contributed by atoms with Gasteiger partial charge in [-0.3, -0.25) is 14.2 Å². The van der Waals surface area contributed by atoms with E-state index in [1.165, 1.54) is 0 Å². The van der Waals surface area contributed by atoms with Crippen molar-refractivity contribution in [2.75, 3.05) is 20.3 Å². The third kappa shape index (κ3) is 5.25. The van der Waals surface area contributed by atoms with Gasteiger partial charge in [0.1, 0.15) is 5.82 Å². The molecule has 0 fully saturated rings. The zero-order chi connectivity index (χ0) is 23.1. The van der Waals surface area contributed by atoms with Crippen LogP contribution in [0.4, 0.5) is 0 Å². The van der Waals surface area contributed by atoms with Gasteiger partial charge in [0, 0.05) is 26.7 Å². The lowest BCUT2D eigenvalue weighted by Gasteiger charge is -2.33. The molecule has 32 heavy (non-hydrogen) atoms. The van der Waals surface area contributed by atoms with Gasteiger partial charge in [0.2, 0.25) is 5.91 Å². The van der Waals surface area contributed by atoms with E-state index in [0.717, 1.165) is 12.1 Å². The molecule has 6 heteroatoms. The number of hydrogen-bond donors (Lipinski definition) is 0. The second-order valence-corrected chi connectivity index (χ2v) is 8.42. The zero-order valence-electron chi connectivity index (χ0n) is 19.5. The van der Waals surface area contributed by atoms with Crippen LogP contribution in [0.15, 0.2) is 59.4 Å². The molecule has 0 N–H and O–H groups in total. The molecule has 1 unspecified atom stereocenters. The molecule has 0 bridgehead atoms. The molecule has 0 saturated heterocycles. The minimum Gasteiger partial charge on any atom is -0.385 e. The van der Waals surface area contributed by atoms with E-state index in [1.54, 1.807) is 17.7 Å². The molecule has 0 aliphatic carbocycles. The van der Waals surface area contributed by atoms with E-state index < -0.39 is 0 Å². The fourth-order valence-electron chi connectivity index (χ4n) is 4.04. The zero-order valence-corrected chi connectivity index (χ0v) is 19.5. The van der Waals surface area contributed by atoms with Crippen LogP contribution in [0.25, 0.3) is 16.6 Å². The van der Waals surface area contributed by atoms with Crippen LogP contribution in [0.5, 0.6) is 0 Å². The summed E-state index contributed by atoms with van der Waals surface area (Å²) in [5, 5.41) is 0.564. The first kappa shape index (κ1) is 23.7. The molecule has 0 aliphatic heterocycles. The molecule has 2 aromatic carbocycles. The highest BCUT2D eigenvalue weighted by Gasteiger charge is 2.29. The van der Waals surface area contributed by atoms with Crippen molar-refractivity contribution in [2.24, 2.45) is 5.92 Å². The predicted octanol–water partition coefficient (Wildman–Crippen LogP) is 4.75. The maximum absolute atomic E-state index is 13.6. The quantitative estimate of drug-likeness (QED) is 0.431. The summed E-state index contributed by atoms with van der Waals surface area (Å²) >= 11 is 0. The van der Waals surface area contributed by atoms with E-state index >= 15 is 0 Å². The van der Waals surface area contributed by atoms with Gasteiger partial charge in [0.05, 0.1) is 22.6 Å². The van der Waals surface area contributed by atoms with Crippen LogP contribution in [0.2, 0.25) is 0 Å². The van der Waals surface area contributed by atoms with Gasteiger partial charge in [0.15, 0.2) is 0 Å². The highest BCUT2D eigenvalue weighted by atomic mass is 16.5. The largest absolute Gasteiger partial charge is 0.385 e. The van der Waals surface area contributed by atoms with Crippen molar-refractivity contribution < 1.29 is 9.53 Å². The first-order valence-corrected chi connectivity index (χ1v) is 11.3. The Morgan fingerprint density at radius 2 is 1.78 bits per heavy atom. The van der Waals surface area contributed by atoms with Crippen LogP contribution >= 0.6 is 0 Å². The molecule has 1 atom stereocenters. The second kappa shape index (κ2) is 11.0. The lowest BCUT2D eigenvalue weighted by atomic mass is 10.1. The second-order valence-electron chi connectivity index (χ2n) is 8.42.